The first-order valence-electron chi connectivity index (χ1n) is 6.35. The third-order valence-corrected chi connectivity index (χ3v) is 3.58. The SMILES string of the molecule is C[C@H](OC(=O)[C@@H]1C[C@H]1C)C(=O)Nc1ccc(F)cc1Cl. The van der Waals surface area contributed by atoms with E-state index in [1.807, 2.05) is 6.92 Å². The van der Waals surface area contributed by atoms with Crippen LogP contribution in [0.5, 0.6) is 0 Å². The lowest BCUT2D eigenvalue weighted by molar-refractivity contribution is -0.154. The molecule has 1 N–H and O–H groups in total. The molecule has 6 heteroatoms. The van der Waals surface area contributed by atoms with Gasteiger partial charge in [-0.05, 0) is 37.5 Å². The first kappa shape index (κ1) is 14.8. The highest BCUT2D eigenvalue weighted by Gasteiger charge is 2.41. The van der Waals surface area contributed by atoms with Crippen LogP contribution in [0.2, 0.25) is 5.02 Å². The van der Waals surface area contributed by atoms with Gasteiger partial charge in [-0.15, -0.1) is 0 Å². The monoisotopic (exact) mass is 299 g/mol. The molecule has 1 aromatic carbocycles. The Kier molecular flexibility index (Phi) is 4.28. The van der Waals surface area contributed by atoms with Crippen LogP contribution in [0.1, 0.15) is 20.3 Å². The summed E-state index contributed by atoms with van der Waals surface area (Å²) >= 11 is 5.80. The van der Waals surface area contributed by atoms with Crippen molar-refractivity contribution in [1.29, 1.82) is 0 Å². The minimum atomic E-state index is -0.920. The van der Waals surface area contributed by atoms with Gasteiger partial charge in [0, 0.05) is 0 Å². The lowest BCUT2D eigenvalue weighted by Crippen LogP contribution is -2.30. The highest BCUT2D eigenvalue weighted by Crippen LogP contribution is 2.38. The fourth-order valence-corrected chi connectivity index (χ4v) is 2.01. The number of anilines is 1. The van der Waals surface area contributed by atoms with Crippen molar-refractivity contribution in [3.63, 3.8) is 0 Å². The quantitative estimate of drug-likeness (QED) is 0.870. The highest BCUT2D eigenvalue weighted by atomic mass is 35.5. The molecule has 2 rings (SSSR count). The zero-order valence-electron chi connectivity index (χ0n) is 11.2. The molecule has 1 amide bonds. The smallest absolute Gasteiger partial charge is 0.309 e. The second kappa shape index (κ2) is 5.79. The topological polar surface area (TPSA) is 55.4 Å². The summed E-state index contributed by atoms with van der Waals surface area (Å²) in [7, 11) is 0. The zero-order chi connectivity index (χ0) is 14.9. The van der Waals surface area contributed by atoms with Gasteiger partial charge in [-0.2, -0.15) is 0 Å². The van der Waals surface area contributed by atoms with Crippen molar-refractivity contribution in [2.24, 2.45) is 11.8 Å². The second-order valence-electron chi connectivity index (χ2n) is 5.01. The van der Waals surface area contributed by atoms with Gasteiger partial charge in [0.25, 0.3) is 5.91 Å². The number of hydrogen-bond acceptors (Lipinski definition) is 3. The van der Waals surface area contributed by atoms with E-state index in [1.165, 1.54) is 19.1 Å². The number of halogens is 2. The van der Waals surface area contributed by atoms with Crippen molar-refractivity contribution in [3.8, 4) is 0 Å². The number of ether oxygens (including phenoxy) is 1. The number of esters is 1. The van der Waals surface area contributed by atoms with Gasteiger partial charge in [-0.3, -0.25) is 9.59 Å². The molecule has 0 saturated heterocycles. The number of benzene rings is 1. The first-order valence-corrected chi connectivity index (χ1v) is 6.72. The average molecular weight is 300 g/mol. The Morgan fingerprint density at radius 3 is 2.70 bits per heavy atom. The number of hydrogen-bond donors (Lipinski definition) is 1. The molecule has 0 aromatic heterocycles. The first-order chi connectivity index (χ1) is 9.38. The second-order valence-corrected chi connectivity index (χ2v) is 5.42. The minimum absolute atomic E-state index is 0.0905. The largest absolute Gasteiger partial charge is 0.452 e. The summed E-state index contributed by atoms with van der Waals surface area (Å²) in [5.41, 5.74) is 0.278. The van der Waals surface area contributed by atoms with Crippen LogP contribution in [0.25, 0.3) is 0 Å². The maximum Gasteiger partial charge on any atom is 0.309 e. The molecule has 1 aliphatic carbocycles. The van der Waals surface area contributed by atoms with Crippen LogP contribution in [0, 0.1) is 17.7 Å². The lowest BCUT2D eigenvalue weighted by Gasteiger charge is -2.14. The normalized spacial score (nSPS) is 22.0. The molecule has 1 fully saturated rings. The number of rotatable bonds is 4. The van der Waals surface area contributed by atoms with E-state index in [4.69, 9.17) is 16.3 Å². The van der Waals surface area contributed by atoms with Crippen molar-refractivity contribution < 1.29 is 18.7 Å². The van der Waals surface area contributed by atoms with E-state index in [-0.39, 0.29) is 22.6 Å². The third-order valence-electron chi connectivity index (χ3n) is 3.26. The summed E-state index contributed by atoms with van der Waals surface area (Å²) in [5, 5.41) is 2.59. The molecule has 0 heterocycles. The van der Waals surface area contributed by atoms with E-state index >= 15 is 0 Å². The van der Waals surface area contributed by atoms with Crippen LogP contribution < -0.4 is 5.32 Å². The average Bonchev–Trinajstić information content (AvgIpc) is 3.10. The summed E-state index contributed by atoms with van der Waals surface area (Å²) in [6.45, 7) is 3.44. The molecule has 3 atom stereocenters. The van der Waals surface area contributed by atoms with E-state index < -0.39 is 17.8 Å². The Hall–Kier alpha value is -1.62. The van der Waals surface area contributed by atoms with E-state index in [2.05, 4.69) is 5.32 Å². The van der Waals surface area contributed by atoms with Crippen molar-refractivity contribution in [2.45, 2.75) is 26.4 Å². The summed E-state index contributed by atoms with van der Waals surface area (Å²) in [6, 6.07) is 3.64. The third kappa shape index (κ3) is 3.48. The van der Waals surface area contributed by atoms with Crippen LogP contribution >= 0.6 is 11.6 Å². The predicted molar refractivity (Wildman–Crippen MR) is 72.9 cm³/mol. The summed E-state index contributed by atoms with van der Waals surface area (Å²) in [5.74, 6) is -1.12. The van der Waals surface area contributed by atoms with Gasteiger partial charge < -0.3 is 10.1 Å². The molecular formula is C14H15ClFNO3. The Morgan fingerprint density at radius 2 is 2.15 bits per heavy atom. The van der Waals surface area contributed by atoms with Crippen LogP contribution in [0.3, 0.4) is 0 Å². The molecule has 0 unspecified atom stereocenters. The van der Waals surface area contributed by atoms with Gasteiger partial charge in [0.2, 0.25) is 0 Å². The predicted octanol–water partition coefficient (Wildman–Crippen LogP) is 3.01. The van der Waals surface area contributed by atoms with Crippen molar-refractivity contribution in [2.75, 3.05) is 5.32 Å². The van der Waals surface area contributed by atoms with E-state index in [0.29, 0.717) is 5.92 Å². The van der Waals surface area contributed by atoms with Crippen LogP contribution in [0.15, 0.2) is 18.2 Å². The Labute approximate surface area is 121 Å². The molecule has 108 valence electrons. The molecule has 4 nitrogen and oxygen atoms in total. The highest BCUT2D eigenvalue weighted by molar-refractivity contribution is 6.33. The summed E-state index contributed by atoms with van der Waals surface area (Å²) < 4.78 is 18.0. The van der Waals surface area contributed by atoms with Crippen LogP contribution in [-0.2, 0) is 14.3 Å². The van der Waals surface area contributed by atoms with Crippen molar-refractivity contribution in [3.05, 3.63) is 29.0 Å². The maximum absolute atomic E-state index is 12.9. The minimum Gasteiger partial charge on any atom is -0.452 e. The van der Waals surface area contributed by atoms with E-state index in [9.17, 15) is 14.0 Å². The molecule has 1 aliphatic rings. The van der Waals surface area contributed by atoms with Crippen molar-refractivity contribution >= 4 is 29.2 Å². The molecule has 0 spiro atoms. The molecular weight excluding hydrogens is 285 g/mol. The van der Waals surface area contributed by atoms with Crippen LogP contribution in [-0.4, -0.2) is 18.0 Å². The van der Waals surface area contributed by atoms with Gasteiger partial charge in [-0.25, -0.2) is 4.39 Å². The van der Waals surface area contributed by atoms with Gasteiger partial charge in [0.05, 0.1) is 16.6 Å². The number of carbonyl (C=O) groups excluding carboxylic acids is 2. The Bertz CT molecular complexity index is 549. The molecule has 0 aliphatic heterocycles. The Balaban J connectivity index is 1.92. The summed E-state index contributed by atoms with van der Waals surface area (Å²) in [4.78, 5) is 23.5. The molecule has 1 saturated carbocycles. The van der Waals surface area contributed by atoms with Gasteiger partial charge in [-0.1, -0.05) is 18.5 Å². The van der Waals surface area contributed by atoms with E-state index in [0.717, 1.165) is 12.5 Å². The molecule has 0 bridgehead atoms. The van der Waals surface area contributed by atoms with Gasteiger partial charge >= 0.3 is 5.97 Å². The zero-order valence-corrected chi connectivity index (χ0v) is 11.9. The number of nitrogens with one attached hydrogen (secondary N) is 1. The van der Waals surface area contributed by atoms with Gasteiger partial charge in [0.15, 0.2) is 6.10 Å². The van der Waals surface area contributed by atoms with E-state index in [1.54, 1.807) is 0 Å². The van der Waals surface area contributed by atoms with Crippen molar-refractivity contribution in [1.82, 2.24) is 0 Å². The number of amides is 1. The fourth-order valence-electron chi connectivity index (χ4n) is 1.79. The maximum atomic E-state index is 12.9. The molecule has 0 radical (unpaired) electrons. The molecule has 20 heavy (non-hydrogen) atoms. The Morgan fingerprint density at radius 1 is 1.50 bits per heavy atom. The van der Waals surface area contributed by atoms with Crippen LogP contribution in [0.4, 0.5) is 10.1 Å². The fraction of sp³-hybridized carbons (Fsp3) is 0.429. The molecule has 1 aromatic rings. The lowest BCUT2D eigenvalue weighted by atomic mass is 10.3. The summed E-state index contributed by atoms with van der Waals surface area (Å²) in [6.07, 6.45) is -0.117. The number of carbonyl (C=O) groups is 2. The van der Waals surface area contributed by atoms with Gasteiger partial charge in [0.1, 0.15) is 5.82 Å². The standard InChI is InChI=1S/C14H15ClFNO3/c1-7-5-10(7)14(19)20-8(2)13(18)17-12-4-3-9(16)6-11(12)15/h3-4,6-8,10H,5H2,1-2H3,(H,17,18)/t7-,8+,10-/m1/s1.